The van der Waals surface area contributed by atoms with E-state index >= 15 is 0 Å². The molecule has 2 heterocycles. The molecule has 0 aliphatic rings. The molecule has 2 aromatic heterocycles. The molecule has 0 saturated carbocycles. The molecule has 0 amide bonds. The van der Waals surface area contributed by atoms with Crippen molar-refractivity contribution in [2.45, 2.75) is 46.1 Å². The molecule has 0 saturated heterocycles. The second kappa shape index (κ2) is 6.89. The minimum atomic E-state index is 0.314. The van der Waals surface area contributed by atoms with Gasteiger partial charge in [-0.3, -0.25) is 0 Å². The Hall–Kier alpha value is -1.62. The number of nitrogens with one attached hydrogen (secondary N) is 2. The molecule has 0 fully saturated rings. The van der Waals surface area contributed by atoms with Crippen LogP contribution in [-0.2, 0) is 6.42 Å². The summed E-state index contributed by atoms with van der Waals surface area (Å²) in [6, 6.07) is 6.68. The van der Waals surface area contributed by atoms with Crippen LogP contribution in [0.1, 0.15) is 42.3 Å². The Morgan fingerprint density at radius 2 is 1.86 bits per heavy atom. The summed E-state index contributed by atoms with van der Waals surface area (Å²) >= 11 is 1.86. The Morgan fingerprint density at radius 3 is 2.43 bits per heavy atom. The zero-order valence-corrected chi connectivity index (χ0v) is 14.2. The predicted octanol–water partition coefficient (Wildman–Crippen LogP) is 4.05. The second-order valence-electron chi connectivity index (χ2n) is 5.66. The molecule has 1 atom stereocenters. The van der Waals surface area contributed by atoms with Crippen molar-refractivity contribution >= 4 is 23.0 Å². The first kappa shape index (κ1) is 15.8. The molecule has 0 aliphatic heterocycles. The average molecular weight is 304 g/mol. The summed E-state index contributed by atoms with van der Waals surface area (Å²) in [6.07, 6.45) is 1.01. The van der Waals surface area contributed by atoms with Gasteiger partial charge in [-0.15, -0.1) is 11.3 Å². The van der Waals surface area contributed by atoms with Crippen molar-refractivity contribution in [2.75, 3.05) is 17.7 Å². The van der Waals surface area contributed by atoms with Gasteiger partial charge in [0.2, 0.25) is 0 Å². The van der Waals surface area contributed by atoms with Crippen molar-refractivity contribution in [3.8, 4) is 0 Å². The van der Waals surface area contributed by atoms with Gasteiger partial charge in [0.25, 0.3) is 0 Å². The van der Waals surface area contributed by atoms with Crippen molar-refractivity contribution in [1.82, 2.24) is 9.97 Å². The summed E-state index contributed by atoms with van der Waals surface area (Å²) < 4.78 is 0. The Labute approximate surface area is 131 Å². The fraction of sp³-hybridized carbons (Fsp3) is 0.500. The molecule has 2 N–H and O–H groups in total. The normalized spacial score (nSPS) is 12.5. The van der Waals surface area contributed by atoms with Crippen LogP contribution >= 0.6 is 11.3 Å². The molecule has 0 spiro atoms. The van der Waals surface area contributed by atoms with E-state index in [4.69, 9.17) is 0 Å². The van der Waals surface area contributed by atoms with Crippen molar-refractivity contribution in [3.63, 3.8) is 0 Å². The van der Waals surface area contributed by atoms with Gasteiger partial charge in [0.15, 0.2) is 0 Å². The third-order valence-electron chi connectivity index (χ3n) is 3.21. The quantitative estimate of drug-likeness (QED) is 0.845. The predicted molar refractivity (Wildman–Crippen MR) is 91.5 cm³/mol. The molecule has 21 heavy (non-hydrogen) atoms. The Bertz CT molecular complexity index is 592. The summed E-state index contributed by atoms with van der Waals surface area (Å²) in [5.41, 5.74) is 0. The Balaban J connectivity index is 2.09. The standard InChI is InChI=1S/C16H24N4S/c1-10(2)16-19-14(17-5)9-15(20-16)18-11(3)8-13-7-6-12(4)21-13/h6-7,9-11H,8H2,1-5H3,(H2,17,18,19,20). The lowest BCUT2D eigenvalue weighted by molar-refractivity contribution is 0.758. The average Bonchev–Trinajstić information content (AvgIpc) is 2.83. The number of anilines is 2. The summed E-state index contributed by atoms with van der Waals surface area (Å²) in [5.74, 6) is 2.92. The highest BCUT2D eigenvalue weighted by molar-refractivity contribution is 7.11. The van der Waals surface area contributed by atoms with Gasteiger partial charge in [0.05, 0.1) is 0 Å². The van der Waals surface area contributed by atoms with Gasteiger partial charge in [-0.05, 0) is 26.0 Å². The zero-order valence-electron chi connectivity index (χ0n) is 13.4. The van der Waals surface area contributed by atoms with Crippen LogP contribution < -0.4 is 10.6 Å². The first-order chi connectivity index (χ1) is 9.97. The van der Waals surface area contributed by atoms with Crippen LogP contribution in [0.25, 0.3) is 0 Å². The molecular weight excluding hydrogens is 280 g/mol. The van der Waals surface area contributed by atoms with Crippen LogP contribution in [0.5, 0.6) is 0 Å². The summed E-state index contributed by atoms with van der Waals surface area (Å²) in [5, 5.41) is 6.59. The molecule has 0 aromatic carbocycles. The van der Waals surface area contributed by atoms with Gasteiger partial charge in [-0.25, -0.2) is 9.97 Å². The van der Waals surface area contributed by atoms with E-state index in [0.29, 0.717) is 12.0 Å². The largest absolute Gasteiger partial charge is 0.373 e. The number of nitrogens with zero attached hydrogens (tertiary/aromatic N) is 2. The lowest BCUT2D eigenvalue weighted by Gasteiger charge is -2.16. The van der Waals surface area contributed by atoms with Gasteiger partial charge < -0.3 is 10.6 Å². The van der Waals surface area contributed by atoms with Gasteiger partial charge in [0.1, 0.15) is 17.5 Å². The minimum absolute atomic E-state index is 0.314. The smallest absolute Gasteiger partial charge is 0.135 e. The number of aromatic nitrogens is 2. The molecular formula is C16H24N4S. The molecule has 4 nitrogen and oxygen atoms in total. The molecule has 2 rings (SSSR count). The maximum Gasteiger partial charge on any atom is 0.135 e. The van der Waals surface area contributed by atoms with Crippen molar-refractivity contribution in [2.24, 2.45) is 0 Å². The van der Waals surface area contributed by atoms with Gasteiger partial charge in [-0.1, -0.05) is 13.8 Å². The van der Waals surface area contributed by atoms with E-state index in [1.54, 1.807) is 0 Å². The highest BCUT2D eigenvalue weighted by Gasteiger charge is 2.10. The second-order valence-corrected chi connectivity index (χ2v) is 7.04. The molecule has 0 bridgehead atoms. The maximum absolute atomic E-state index is 4.61. The van der Waals surface area contributed by atoms with Crippen molar-refractivity contribution in [3.05, 3.63) is 33.8 Å². The monoisotopic (exact) mass is 304 g/mol. The van der Waals surface area contributed by atoms with Crippen LogP contribution in [-0.4, -0.2) is 23.1 Å². The van der Waals surface area contributed by atoms with Crippen LogP contribution in [0, 0.1) is 6.92 Å². The van der Waals surface area contributed by atoms with E-state index in [1.165, 1.54) is 9.75 Å². The van der Waals surface area contributed by atoms with Crippen LogP contribution in [0.3, 0.4) is 0 Å². The lowest BCUT2D eigenvalue weighted by atomic mass is 10.2. The fourth-order valence-electron chi connectivity index (χ4n) is 2.13. The molecule has 0 aliphatic carbocycles. The van der Waals surface area contributed by atoms with E-state index < -0.39 is 0 Å². The van der Waals surface area contributed by atoms with Crippen molar-refractivity contribution in [1.29, 1.82) is 0 Å². The number of aryl methyl sites for hydroxylation is 1. The van der Waals surface area contributed by atoms with Gasteiger partial charge in [-0.2, -0.15) is 0 Å². The summed E-state index contributed by atoms with van der Waals surface area (Å²) in [7, 11) is 1.88. The van der Waals surface area contributed by atoms with E-state index in [2.05, 4.69) is 60.4 Å². The number of rotatable bonds is 6. The summed E-state index contributed by atoms with van der Waals surface area (Å²) in [6.45, 7) is 8.54. The van der Waals surface area contributed by atoms with Crippen LogP contribution in [0.2, 0.25) is 0 Å². The highest BCUT2D eigenvalue weighted by Crippen LogP contribution is 2.20. The molecule has 5 heteroatoms. The molecule has 2 aromatic rings. The van der Waals surface area contributed by atoms with E-state index in [9.17, 15) is 0 Å². The highest BCUT2D eigenvalue weighted by atomic mass is 32.1. The lowest BCUT2D eigenvalue weighted by Crippen LogP contribution is -2.19. The molecule has 0 radical (unpaired) electrons. The van der Waals surface area contributed by atoms with Gasteiger partial charge >= 0.3 is 0 Å². The summed E-state index contributed by atoms with van der Waals surface area (Å²) in [4.78, 5) is 11.9. The van der Waals surface area contributed by atoms with Crippen molar-refractivity contribution < 1.29 is 0 Å². The molecule has 114 valence electrons. The van der Waals surface area contributed by atoms with E-state index in [-0.39, 0.29) is 0 Å². The first-order valence-corrected chi connectivity index (χ1v) is 8.18. The third kappa shape index (κ3) is 4.43. The van der Waals surface area contributed by atoms with Crippen LogP contribution in [0.15, 0.2) is 18.2 Å². The fourth-order valence-corrected chi connectivity index (χ4v) is 3.15. The van der Waals surface area contributed by atoms with Gasteiger partial charge in [0, 0.05) is 41.2 Å². The van der Waals surface area contributed by atoms with E-state index in [0.717, 1.165) is 23.9 Å². The first-order valence-electron chi connectivity index (χ1n) is 7.36. The number of hydrogen-bond donors (Lipinski definition) is 2. The zero-order chi connectivity index (χ0) is 15.4. The van der Waals surface area contributed by atoms with E-state index in [1.807, 2.05) is 24.5 Å². The van der Waals surface area contributed by atoms with Crippen LogP contribution in [0.4, 0.5) is 11.6 Å². The Morgan fingerprint density at radius 1 is 1.14 bits per heavy atom. The topological polar surface area (TPSA) is 49.8 Å². The Kier molecular flexibility index (Phi) is 5.17. The number of hydrogen-bond acceptors (Lipinski definition) is 5. The molecule has 1 unspecified atom stereocenters. The third-order valence-corrected chi connectivity index (χ3v) is 4.24. The maximum atomic E-state index is 4.61. The minimum Gasteiger partial charge on any atom is -0.373 e. The number of thiophene rings is 1. The SMILES string of the molecule is CNc1cc(NC(C)Cc2ccc(C)s2)nc(C(C)C)n1.